The van der Waals surface area contributed by atoms with E-state index in [9.17, 15) is 0 Å². The van der Waals surface area contributed by atoms with Gasteiger partial charge in [-0.15, -0.1) is 0 Å². The van der Waals surface area contributed by atoms with Gasteiger partial charge in [0.2, 0.25) is 0 Å². The van der Waals surface area contributed by atoms with Crippen LogP contribution in [0.3, 0.4) is 0 Å². The fourth-order valence-electron chi connectivity index (χ4n) is 2.19. The minimum atomic E-state index is 0.851. The van der Waals surface area contributed by atoms with Gasteiger partial charge >= 0.3 is 0 Å². The molecule has 3 heteroatoms. The normalized spacial score (nSPS) is 16.9. The van der Waals surface area contributed by atoms with Crippen molar-refractivity contribution in [3.63, 3.8) is 0 Å². The fourth-order valence-corrected chi connectivity index (χ4v) is 3.54. The Morgan fingerprint density at radius 3 is 2.75 bits per heavy atom. The van der Waals surface area contributed by atoms with E-state index in [4.69, 9.17) is 5.73 Å². The molecule has 2 rings (SSSR count). The molecule has 0 atom stereocenters. The number of nitrogen functional groups attached to an aromatic ring is 1. The van der Waals surface area contributed by atoms with Crippen LogP contribution in [-0.2, 0) is 5.75 Å². The Morgan fingerprint density at radius 1 is 1.38 bits per heavy atom. The van der Waals surface area contributed by atoms with Crippen molar-refractivity contribution in [2.75, 3.05) is 5.73 Å². The third-order valence-corrected chi connectivity index (χ3v) is 4.82. The zero-order valence-electron chi connectivity index (χ0n) is 10.1. The predicted molar refractivity (Wildman–Crippen MR) is 71.7 cm³/mol. The maximum absolute atomic E-state index is 6.02. The number of pyridine rings is 1. The minimum Gasteiger partial charge on any atom is -0.398 e. The fraction of sp³-hybridized carbons (Fsp3) is 0.615. The summed E-state index contributed by atoms with van der Waals surface area (Å²) in [4.78, 5) is 4.50. The maximum Gasteiger partial charge on any atom is 0.0552 e. The van der Waals surface area contributed by atoms with Crippen LogP contribution in [0.5, 0.6) is 0 Å². The molecule has 88 valence electrons. The van der Waals surface area contributed by atoms with Crippen molar-refractivity contribution >= 4 is 17.4 Å². The summed E-state index contributed by atoms with van der Waals surface area (Å²) in [5.74, 6) is 1.01. The Balaban J connectivity index is 2.01. The van der Waals surface area contributed by atoms with Crippen LogP contribution in [0, 0.1) is 13.8 Å². The average molecular weight is 236 g/mol. The molecule has 1 aliphatic rings. The summed E-state index contributed by atoms with van der Waals surface area (Å²) in [5, 5.41) is 0.851. The van der Waals surface area contributed by atoms with Gasteiger partial charge in [-0.05, 0) is 37.8 Å². The second-order valence-electron chi connectivity index (χ2n) is 4.64. The van der Waals surface area contributed by atoms with Crippen LogP contribution in [0.4, 0.5) is 5.69 Å². The van der Waals surface area contributed by atoms with E-state index in [-0.39, 0.29) is 0 Å². The highest BCUT2D eigenvalue weighted by Crippen LogP contribution is 2.32. The molecule has 1 fully saturated rings. The number of thioether (sulfide) groups is 1. The third-order valence-electron chi connectivity index (χ3n) is 3.43. The van der Waals surface area contributed by atoms with Crippen LogP contribution in [0.2, 0.25) is 0 Å². The number of aromatic nitrogens is 1. The van der Waals surface area contributed by atoms with Gasteiger partial charge in [0.1, 0.15) is 0 Å². The van der Waals surface area contributed by atoms with Crippen LogP contribution < -0.4 is 5.73 Å². The van der Waals surface area contributed by atoms with E-state index in [0.29, 0.717) is 0 Å². The molecule has 0 bridgehead atoms. The lowest BCUT2D eigenvalue weighted by atomic mass is 10.1. The number of hydrogen-bond donors (Lipinski definition) is 1. The SMILES string of the molecule is Cc1cnc(CSC2CCCC2)c(C)c1N. The molecule has 0 radical (unpaired) electrons. The molecule has 0 aliphatic heterocycles. The van der Waals surface area contributed by atoms with Gasteiger partial charge in [-0.2, -0.15) is 11.8 Å². The predicted octanol–water partition coefficient (Wildman–Crippen LogP) is 3.46. The Kier molecular flexibility index (Phi) is 3.74. The van der Waals surface area contributed by atoms with Crippen molar-refractivity contribution in [2.24, 2.45) is 0 Å². The Hall–Kier alpha value is -0.700. The van der Waals surface area contributed by atoms with E-state index in [2.05, 4.69) is 11.9 Å². The van der Waals surface area contributed by atoms with Crippen LogP contribution in [-0.4, -0.2) is 10.2 Å². The molecular weight excluding hydrogens is 216 g/mol. The van der Waals surface area contributed by atoms with Crippen LogP contribution in [0.1, 0.15) is 42.5 Å². The molecule has 0 amide bonds. The number of nitrogens with two attached hydrogens (primary N) is 1. The molecule has 2 N–H and O–H groups in total. The highest BCUT2D eigenvalue weighted by molar-refractivity contribution is 7.99. The summed E-state index contributed by atoms with van der Waals surface area (Å²) in [6.45, 7) is 4.10. The Labute approximate surface area is 102 Å². The third kappa shape index (κ3) is 2.51. The summed E-state index contributed by atoms with van der Waals surface area (Å²) in [6, 6.07) is 0. The largest absolute Gasteiger partial charge is 0.398 e. The topological polar surface area (TPSA) is 38.9 Å². The average Bonchev–Trinajstić information content (AvgIpc) is 2.78. The molecule has 1 heterocycles. The molecule has 1 aromatic rings. The first-order valence-corrected chi connectivity index (χ1v) is 7.05. The van der Waals surface area contributed by atoms with Crippen LogP contribution in [0.15, 0.2) is 6.20 Å². The number of nitrogens with zero attached hydrogens (tertiary/aromatic N) is 1. The zero-order chi connectivity index (χ0) is 11.5. The van der Waals surface area contributed by atoms with Crippen molar-refractivity contribution < 1.29 is 0 Å². The smallest absolute Gasteiger partial charge is 0.0552 e. The van der Waals surface area contributed by atoms with Gasteiger partial charge in [-0.3, -0.25) is 4.98 Å². The highest BCUT2D eigenvalue weighted by Gasteiger charge is 2.16. The quantitative estimate of drug-likeness (QED) is 0.873. The van der Waals surface area contributed by atoms with Gasteiger partial charge in [0, 0.05) is 22.9 Å². The summed E-state index contributed by atoms with van der Waals surface area (Å²) >= 11 is 2.05. The molecule has 2 nitrogen and oxygen atoms in total. The van der Waals surface area contributed by atoms with Gasteiger partial charge in [0.05, 0.1) is 5.69 Å². The van der Waals surface area contributed by atoms with E-state index in [0.717, 1.165) is 22.3 Å². The first-order chi connectivity index (χ1) is 7.68. The van der Waals surface area contributed by atoms with Crippen LogP contribution >= 0.6 is 11.8 Å². The Bertz CT molecular complexity index is 370. The van der Waals surface area contributed by atoms with E-state index in [1.165, 1.54) is 36.9 Å². The second-order valence-corrected chi connectivity index (χ2v) is 5.93. The maximum atomic E-state index is 6.02. The lowest BCUT2D eigenvalue weighted by Crippen LogP contribution is -2.02. The molecule has 1 aromatic heterocycles. The number of aryl methyl sites for hydroxylation is 1. The van der Waals surface area contributed by atoms with Crippen molar-refractivity contribution in [2.45, 2.75) is 50.5 Å². The van der Waals surface area contributed by atoms with Gasteiger partial charge in [-0.1, -0.05) is 12.8 Å². The van der Waals surface area contributed by atoms with E-state index in [1.807, 2.05) is 24.9 Å². The standard InChI is InChI=1S/C13H20N2S/c1-9-7-15-12(10(2)13(9)14)8-16-11-5-3-4-6-11/h7,11H,3-6,8H2,1-2H3,(H2,14,15). The number of anilines is 1. The lowest BCUT2D eigenvalue weighted by molar-refractivity contribution is 0.886. The minimum absolute atomic E-state index is 0.851. The molecule has 16 heavy (non-hydrogen) atoms. The van der Waals surface area contributed by atoms with E-state index in [1.54, 1.807) is 0 Å². The number of rotatable bonds is 3. The molecule has 1 saturated carbocycles. The molecule has 0 spiro atoms. The monoisotopic (exact) mass is 236 g/mol. The first-order valence-electron chi connectivity index (χ1n) is 6.00. The second kappa shape index (κ2) is 5.09. The summed E-state index contributed by atoms with van der Waals surface area (Å²) in [5.41, 5.74) is 10.4. The molecule has 0 saturated heterocycles. The van der Waals surface area contributed by atoms with Gasteiger partial charge in [0.25, 0.3) is 0 Å². The van der Waals surface area contributed by atoms with Gasteiger partial charge in [-0.25, -0.2) is 0 Å². The van der Waals surface area contributed by atoms with Gasteiger partial charge in [0.15, 0.2) is 0 Å². The summed E-state index contributed by atoms with van der Waals surface area (Å²) < 4.78 is 0. The van der Waals surface area contributed by atoms with Crippen molar-refractivity contribution in [1.29, 1.82) is 0 Å². The van der Waals surface area contributed by atoms with Crippen molar-refractivity contribution in [3.05, 3.63) is 23.0 Å². The molecule has 1 aliphatic carbocycles. The van der Waals surface area contributed by atoms with E-state index < -0.39 is 0 Å². The first kappa shape index (κ1) is 11.8. The van der Waals surface area contributed by atoms with Crippen LogP contribution in [0.25, 0.3) is 0 Å². The summed E-state index contributed by atoms with van der Waals surface area (Å²) in [6.07, 6.45) is 7.46. The molecule has 0 aromatic carbocycles. The lowest BCUT2D eigenvalue weighted by Gasteiger charge is -2.12. The molecular formula is C13H20N2S. The summed E-state index contributed by atoms with van der Waals surface area (Å²) in [7, 11) is 0. The highest BCUT2D eigenvalue weighted by atomic mass is 32.2. The van der Waals surface area contributed by atoms with E-state index >= 15 is 0 Å². The Morgan fingerprint density at radius 2 is 2.06 bits per heavy atom. The van der Waals surface area contributed by atoms with Gasteiger partial charge < -0.3 is 5.73 Å². The molecule has 0 unspecified atom stereocenters. The number of hydrogen-bond acceptors (Lipinski definition) is 3. The zero-order valence-corrected chi connectivity index (χ0v) is 10.9. The van der Waals surface area contributed by atoms with Crippen molar-refractivity contribution in [3.8, 4) is 0 Å². The van der Waals surface area contributed by atoms with Crippen molar-refractivity contribution in [1.82, 2.24) is 4.98 Å².